The molecule has 2 atom stereocenters. The number of carbonyl (C=O) groups excluding carboxylic acids is 1. The van der Waals surface area contributed by atoms with E-state index in [4.69, 9.17) is 0 Å². The zero-order chi connectivity index (χ0) is 16.9. The molecule has 1 saturated carbocycles. The first-order valence-electron chi connectivity index (χ1n) is 8.66. The summed E-state index contributed by atoms with van der Waals surface area (Å²) in [7, 11) is -1.15. The minimum atomic E-state index is -3.09. The third kappa shape index (κ3) is 2.75. The quantitative estimate of drug-likeness (QED) is 0.767. The van der Waals surface area contributed by atoms with E-state index < -0.39 is 9.84 Å². The van der Waals surface area contributed by atoms with Gasteiger partial charge in [-0.3, -0.25) is 9.69 Å². The molecule has 1 aliphatic carbocycles. The third-order valence-corrected chi connectivity index (χ3v) is 7.49. The van der Waals surface area contributed by atoms with E-state index in [-0.39, 0.29) is 35.4 Å². The monoisotopic (exact) mass is 352 g/mol. The maximum Gasteiger partial charge on any atom is 0.226 e. The van der Waals surface area contributed by atoms with Crippen molar-refractivity contribution in [2.24, 2.45) is 13.0 Å². The van der Waals surface area contributed by atoms with Crippen LogP contribution in [0.2, 0.25) is 0 Å². The highest BCUT2D eigenvalue weighted by atomic mass is 32.2. The molecule has 0 spiro atoms. The van der Waals surface area contributed by atoms with Gasteiger partial charge in [-0.05, 0) is 12.8 Å². The second kappa shape index (κ2) is 5.84. The summed E-state index contributed by atoms with van der Waals surface area (Å²) in [4.78, 5) is 21.1. The van der Waals surface area contributed by atoms with Crippen molar-refractivity contribution < 1.29 is 13.2 Å². The van der Waals surface area contributed by atoms with Gasteiger partial charge in [-0.1, -0.05) is 6.42 Å². The van der Waals surface area contributed by atoms with Crippen molar-refractivity contribution in [2.45, 2.75) is 37.9 Å². The Morgan fingerprint density at radius 2 is 2.00 bits per heavy atom. The number of piperazine rings is 1. The molecule has 3 heterocycles. The van der Waals surface area contributed by atoms with Gasteiger partial charge in [-0.15, -0.1) is 0 Å². The minimum Gasteiger partial charge on any atom is -0.337 e. The number of aryl methyl sites for hydroxylation is 1. The highest BCUT2D eigenvalue weighted by molar-refractivity contribution is 7.91. The molecule has 7 nitrogen and oxygen atoms in total. The molecule has 1 aromatic heterocycles. The maximum atomic E-state index is 12.7. The number of sulfone groups is 1. The predicted octanol–water partition coefficient (Wildman–Crippen LogP) is 0.0300. The first-order chi connectivity index (χ1) is 11.4. The number of nitrogens with zero attached hydrogens (tertiary/aromatic N) is 4. The average Bonchev–Trinajstić information content (AvgIpc) is 2.99. The number of fused-ring (bicyclic) bond motifs is 1. The number of amides is 1. The van der Waals surface area contributed by atoms with Gasteiger partial charge in [-0.2, -0.15) is 0 Å². The second-order valence-corrected chi connectivity index (χ2v) is 9.45. The third-order valence-electron chi connectivity index (χ3n) is 5.79. The Morgan fingerprint density at radius 1 is 1.25 bits per heavy atom. The van der Waals surface area contributed by atoms with Crippen LogP contribution in [-0.2, 0) is 28.2 Å². The molecular formula is C16H24N4O3S. The van der Waals surface area contributed by atoms with Gasteiger partial charge in [-0.25, -0.2) is 13.4 Å². The Balaban J connectivity index is 1.55. The zero-order valence-electron chi connectivity index (χ0n) is 14.0. The minimum absolute atomic E-state index is 0.104. The number of aromatic nitrogens is 2. The number of hydrogen-bond donors (Lipinski definition) is 0. The van der Waals surface area contributed by atoms with E-state index in [1.54, 1.807) is 6.20 Å². The summed E-state index contributed by atoms with van der Waals surface area (Å²) in [6.45, 7) is 1.96. The molecule has 0 aromatic carbocycles. The van der Waals surface area contributed by atoms with Crippen molar-refractivity contribution in [3.63, 3.8) is 0 Å². The molecule has 2 saturated heterocycles. The van der Waals surface area contributed by atoms with Crippen LogP contribution in [0.1, 0.15) is 25.1 Å². The number of rotatable bonds is 3. The summed E-state index contributed by atoms with van der Waals surface area (Å²) >= 11 is 0. The lowest BCUT2D eigenvalue weighted by Crippen LogP contribution is -2.61. The van der Waals surface area contributed by atoms with E-state index >= 15 is 0 Å². The van der Waals surface area contributed by atoms with Crippen molar-refractivity contribution in [1.82, 2.24) is 19.4 Å². The van der Waals surface area contributed by atoms with Crippen molar-refractivity contribution in [3.05, 3.63) is 18.2 Å². The van der Waals surface area contributed by atoms with Crippen LogP contribution in [0.15, 0.2) is 12.4 Å². The van der Waals surface area contributed by atoms with Gasteiger partial charge in [0.25, 0.3) is 0 Å². The summed E-state index contributed by atoms with van der Waals surface area (Å²) < 4.78 is 26.5. The van der Waals surface area contributed by atoms with Crippen LogP contribution in [0.4, 0.5) is 0 Å². The van der Waals surface area contributed by atoms with E-state index in [1.807, 2.05) is 22.7 Å². The lowest BCUT2D eigenvalue weighted by molar-refractivity contribution is -0.144. The fraction of sp³-hybridized carbons (Fsp3) is 0.750. The first kappa shape index (κ1) is 16.1. The lowest BCUT2D eigenvalue weighted by Gasteiger charge is -2.45. The normalized spacial score (nSPS) is 30.1. The van der Waals surface area contributed by atoms with Crippen LogP contribution in [0.25, 0.3) is 0 Å². The van der Waals surface area contributed by atoms with Gasteiger partial charge in [0.2, 0.25) is 5.91 Å². The Labute approximate surface area is 142 Å². The van der Waals surface area contributed by atoms with Gasteiger partial charge in [0.15, 0.2) is 9.84 Å². The molecular weight excluding hydrogens is 328 g/mol. The predicted molar refractivity (Wildman–Crippen MR) is 88.9 cm³/mol. The molecule has 132 valence electrons. The van der Waals surface area contributed by atoms with Crippen LogP contribution < -0.4 is 0 Å². The van der Waals surface area contributed by atoms with E-state index in [0.29, 0.717) is 19.6 Å². The average molecular weight is 352 g/mol. The van der Waals surface area contributed by atoms with Crippen molar-refractivity contribution in [2.75, 3.05) is 24.6 Å². The number of carbonyl (C=O) groups is 1. The van der Waals surface area contributed by atoms with Gasteiger partial charge in [0.05, 0.1) is 24.1 Å². The van der Waals surface area contributed by atoms with Gasteiger partial charge in [0, 0.05) is 44.5 Å². The fourth-order valence-corrected chi connectivity index (χ4v) is 6.13. The smallest absolute Gasteiger partial charge is 0.226 e. The van der Waals surface area contributed by atoms with E-state index in [1.165, 1.54) is 0 Å². The van der Waals surface area contributed by atoms with Crippen LogP contribution in [-0.4, -0.2) is 70.4 Å². The summed E-state index contributed by atoms with van der Waals surface area (Å²) in [5, 5.41) is 0. The first-order valence-corrected chi connectivity index (χ1v) is 10.5. The van der Waals surface area contributed by atoms with Gasteiger partial charge >= 0.3 is 0 Å². The van der Waals surface area contributed by atoms with Crippen molar-refractivity contribution in [3.8, 4) is 0 Å². The van der Waals surface area contributed by atoms with E-state index in [2.05, 4.69) is 9.88 Å². The molecule has 2 aliphatic heterocycles. The maximum absolute atomic E-state index is 12.7. The summed E-state index contributed by atoms with van der Waals surface area (Å²) in [6, 6.07) is -0.304. The summed E-state index contributed by atoms with van der Waals surface area (Å²) in [5.41, 5.74) is 0. The molecule has 0 bridgehead atoms. The van der Waals surface area contributed by atoms with Gasteiger partial charge in [0.1, 0.15) is 5.82 Å². The Hall–Kier alpha value is -1.41. The second-order valence-electron chi connectivity index (χ2n) is 7.30. The van der Waals surface area contributed by atoms with E-state index in [9.17, 15) is 13.2 Å². The Morgan fingerprint density at radius 3 is 2.62 bits per heavy atom. The topological polar surface area (TPSA) is 75.5 Å². The zero-order valence-corrected chi connectivity index (χ0v) is 14.8. The van der Waals surface area contributed by atoms with Crippen LogP contribution in [0.3, 0.4) is 0 Å². The molecule has 0 radical (unpaired) electrons. The highest BCUT2D eigenvalue weighted by Gasteiger charge is 2.49. The largest absolute Gasteiger partial charge is 0.337 e. The molecule has 3 aliphatic rings. The van der Waals surface area contributed by atoms with Crippen molar-refractivity contribution >= 4 is 15.7 Å². The molecule has 3 fully saturated rings. The standard InChI is InChI=1S/C16H24N4O3S/c1-18-6-5-17-15(18)9-19-7-8-20(16(21)12-3-2-4-12)14-11-24(22,23)10-13(14)19/h5-6,12-14H,2-4,7-11H2,1H3/t13-,14+/m1/s1. The van der Waals surface area contributed by atoms with Crippen molar-refractivity contribution in [1.29, 1.82) is 0 Å². The molecule has 1 amide bonds. The Bertz CT molecular complexity index is 740. The molecule has 0 N–H and O–H groups in total. The molecule has 0 unspecified atom stereocenters. The summed E-state index contributed by atoms with van der Waals surface area (Å²) in [6.07, 6.45) is 6.68. The molecule has 8 heteroatoms. The van der Waals surface area contributed by atoms with E-state index in [0.717, 1.165) is 25.1 Å². The SMILES string of the molecule is Cn1ccnc1CN1CCN(C(=O)C2CCC2)[C@H]2CS(=O)(=O)C[C@H]21. The Kier molecular flexibility index (Phi) is 3.91. The number of imidazole rings is 1. The van der Waals surface area contributed by atoms with Crippen LogP contribution in [0.5, 0.6) is 0 Å². The lowest BCUT2D eigenvalue weighted by atomic mass is 9.83. The highest BCUT2D eigenvalue weighted by Crippen LogP contribution is 2.33. The van der Waals surface area contributed by atoms with Gasteiger partial charge < -0.3 is 9.47 Å². The molecule has 24 heavy (non-hydrogen) atoms. The molecule has 4 rings (SSSR count). The van der Waals surface area contributed by atoms with Crippen LogP contribution in [0, 0.1) is 5.92 Å². The molecule has 1 aromatic rings. The van der Waals surface area contributed by atoms with Crippen LogP contribution >= 0.6 is 0 Å². The summed E-state index contributed by atoms with van der Waals surface area (Å²) in [5.74, 6) is 1.47. The number of hydrogen-bond acceptors (Lipinski definition) is 5. The fourth-order valence-electron chi connectivity index (χ4n) is 4.11.